The molecule has 1 aliphatic heterocycles. The summed E-state index contributed by atoms with van der Waals surface area (Å²) in [5.41, 5.74) is 1.64. The Hall–Kier alpha value is -0.830. The minimum absolute atomic E-state index is 0.459. The second kappa shape index (κ2) is 3.63. The van der Waals surface area contributed by atoms with Crippen molar-refractivity contribution < 1.29 is 0 Å². The molecule has 1 fully saturated rings. The predicted molar refractivity (Wildman–Crippen MR) is 61.4 cm³/mol. The maximum Gasteiger partial charge on any atom is 0.0947 e. The van der Waals surface area contributed by atoms with Gasteiger partial charge in [0.25, 0.3) is 0 Å². The highest BCUT2D eigenvalue weighted by atomic mass is 15.2. The summed E-state index contributed by atoms with van der Waals surface area (Å²) in [5.74, 6) is 0.848. The van der Waals surface area contributed by atoms with Gasteiger partial charge in [0.2, 0.25) is 0 Å². The summed E-state index contributed by atoms with van der Waals surface area (Å²) in [7, 11) is 2.02. The molecule has 0 atom stereocenters. The van der Waals surface area contributed by atoms with Crippen LogP contribution in [-0.2, 0) is 13.6 Å². The molecule has 2 rings (SSSR count). The summed E-state index contributed by atoms with van der Waals surface area (Å²) in [4.78, 5) is 6.82. The Morgan fingerprint density at radius 3 is 2.53 bits per heavy atom. The van der Waals surface area contributed by atoms with Crippen molar-refractivity contribution in [2.24, 2.45) is 18.4 Å². The van der Waals surface area contributed by atoms with E-state index in [-0.39, 0.29) is 0 Å². The van der Waals surface area contributed by atoms with E-state index < -0.39 is 0 Å². The monoisotopic (exact) mass is 207 g/mol. The molecule has 0 saturated carbocycles. The topological polar surface area (TPSA) is 21.1 Å². The van der Waals surface area contributed by atoms with Crippen LogP contribution < -0.4 is 0 Å². The van der Waals surface area contributed by atoms with Gasteiger partial charge in [-0.1, -0.05) is 20.8 Å². The third-order valence-corrected chi connectivity index (χ3v) is 3.33. The third-order valence-electron chi connectivity index (χ3n) is 3.33. The fraction of sp³-hybridized carbons (Fsp3) is 0.750. The van der Waals surface area contributed by atoms with Crippen LogP contribution in [0.5, 0.6) is 0 Å². The van der Waals surface area contributed by atoms with Gasteiger partial charge in [-0.3, -0.25) is 4.90 Å². The third kappa shape index (κ3) is 2.40. The van der Waals surface area contributed by atoms with Crippen LogP contribution in [0.2, 0.25) is 0 Å². The first-order chi connectivity index (χ1) is 6.95. The summed E-state index contributed by atoms with van der Waals surface area (Å²) in [6, 6.07) is 0. The lowest BCUT2D eigenvalue weighted by atomic mass is 9.76. The molecule has 0 bridgehead atoms. The standard InChI is InChI=1S/C12H21N3/c1-12(2,3)10-5-15(6-10)8-11-7-14(4)9-13-11/h7,9-10H,5-6,8H2,1-4H3. The second-order valence-corrected chi connectivity index (χ2v) is 5.79. The Morgan fingerprint density at radius 1 is 1.40 bits per heavy atom. The van der Waals surface area contributed by atoms with Crippen molar-refractivity contribution >= 4 is 0 Å². The van der Waals surface area contributed by atoms with E-state index in [2.05, 4.69) is 36.9 Å². The van der Waals surface area contributed by atoms with Crippen LogP contribution in [-0.4, -0.2) is 27.5 Å². The average Bonchev–Trinajstić information content (AvgIpc) is 2.40. The number of imidazole rings is 1. The average molecular weight is 207 g/mol. The summed E-state index contributed by atoms with van der Waals surface area (Å²) in [5, 5.41) is 0. The van der Waals surface area contributed by atoms with Crippen molar-refractivity contribution in [3.05, 3.63) is 18.2 Å². The molecule has 15 heavy (non-hydrogen) atoms. The van der Waals surface area contributed by atoms with E-state index >= 15 is 0 Å². The number of aromatic nitrogens is 2. The lowest BCUT2D eigenvalue weighted by molar-refractivity contribution is 0.0181. The predicted octanol–water partition coefficient (Wildman–Crippen LogP) is 1.90. The Balaban J connectivity index is 1.81. The van der Waals surface area contributed by atoms with E-state index in [1.54, 1.807) is 0 Å². The maximum atomic E-state index is 4.35. The van der Waals surface area contributed by atoms with Gasteiger partial charge in [-0.15, -0.1) is 0 Å². The number of nitrogens with zero attached hydrogens (tertiary/aromatic N) is 3. The van der Waals surface area contributed by atoms with Crippen LogP contribution in [0.4, 0.5) is 0 Å². The Morgan fingerprint density at radius 2 is 2.07 bits per heavy atom. The number of aryl methyl sites for hydroxylation is 1. The van der Waals surface area contributed by atoms with Gasteiger partial charge in [-0.25, -0.2) is 4.98 Å². The first-order valence-corrected chi connectivity index (χ1v) is 5.64. The van der Waals surface area contributed by atoms with E-state index in [1.807, 2.05) is 17.9 Å². The molecule has 0 radical (unpaired) electrons. The van der Waals surface area contributed by atoms with Crippen molar-refractivity contribution in [1.29, 1.82) is 0 Å². The molecule has 3 nitrogen and oxygen atoms in total. The van der Waals surface area contributed by atoms with Crippen LogP contribution in [0.1, 0.15) is 26.5 Å². The minimum atomic E-state index is 0.459. The highest BCUT2D eigenvalue weighted by Crippen LogP contribution is 2.33. The van der Waals surface area contributed by atoms with Gasteiger partial charge in [0.05, 0.1) is 12.0 Å². The van der Waals surface area contributed by atoms with E-state index in [0.717, 1.165) is 12.5 Å². The van der Waals surface area contributed by atoms with Crippen molar-refractivity contribution in [1.82, 2.24) is 14.5 Å². The molecule has 0 spiro atoms. The summed E-state index contributed by atoms with van der Waals surface area (Å²) < 4.78 is 2.01. The molecule has 0 amide bonds. The summed E-state index contributed by atoms with van der Waals surface area (Å²) in [6.07, 6.45) is 3.97. The van der Waals surface area contributed by atoms with Crippen molar-refractivity contribution in [2.75, 3.05) is 13.1 Å². The van der Waals surface area contributed by atoms with Crippen molar-refractivity contribution in [3.8, 4) is 0 Å². The zero-order valence-corrected chi connectivity index (χ0v) is 10.2. The molecule has 0 N–H and O–H groups in total. The van der Waals surface area contributed by atoms with Crippen LogP contribution in [0.25, 0.3) is 0 Å². The van der Waals surface area contributed by atoms with Gasteiger partial charge >= 0.3 is 0 Å². The molecule has 3 heteroatoms. The number of hydrogen-bond donors (Lipinski definition) is 0. The lowest BCUT2D eigenvalue weighted by Gasteiger charge is -2.46. The quantitative estimate of drug-likeness (QED) is 0.738. The number of rotatable bonds is 2. The molecule has 1 aromatic rings. The lowest BCUT2D eigenvalue weighted by Crippen LogP contribution is -2.51. The van der Waals surface area contributed by atoms with Gasteiger partial charge in [0.15, 0.2) is 0 Å². The smallest absolute Gasteiger partial charge is 0.0947 e. The Labute approximate surface area is 92.1 Å². The molecular formula is C12H21N3. The minimum Gasteiger partial charge on any atom is -0.340 e. The van der Waals surface area contributed by atoms with Crippen molar-refractivity contribution in [3.63, 3.8) is 0 Å². The molecule has 0 aliphatic carbocycles. The maximum absolute atomic E-state index is 4.35. The Kier molecular flexibility index (Phi) is 2.59. The SMILES string of the molecule is Cn1cnc(CN2CC(C(C)(C)C)C2)c1. The van der Waals surface area contributed by atoms with E-state index in [9.17, 15) is 0 Å². The molecule has 1 saturated heterocycles. The summed E-state index contributed by atoms with van der Waals surface area (Å²) >= 11 is 0. The normalized spacial score (nSPS) is 19.2. The van der Waals surface area contributed by atoms with Crippen LogP contribution in [0.3, 0.4) is 0 Å². The van der Waals surface area contributed by atoms with Gasteiger partial charge in [-0.05, 0) is 11.3 Å². The van der Waals surface area contributed by atoms with E-state index in [4.69, 9.17) is 0 Å². The van der Waals surface area contributed by atoms with E-state index in [1.165, 1.54) is 18.8 Å². The highest BCUT2D eigenvalue weighted by molar-refractivity contribution is 4.99. The van der Waals surface area contributed by atoms with Gasteiger partial charge in [0, 0.05) is 32.9 Å². The van der Waals surface area contributed by atoms with Gasteiger partial charge in [-0.2, -0.15) is 0 Å². The van der Waals surface area contributed by atoms with Gasteiger partial charge in [0.1, 0.15) is 0 Å². The largest absolute Gasteiger partial charge is 0.340 e. The first kappa shape index (κ1) is 10.7. The Bertz CT molecular complexity index is 329. The van der Waals surface area contributed by atoms with Crippen LogP contribution >= 0.6 is 0 Å². The molecule has 1 aromatic heterocycles. The zero-order valence-electron chi connectivity index (χ0n) is 10.2. The molecule has 1 aliphatic rings. The second-order valence-electron chi connectivity index (χ2n) is 5.79. The van der Waals surface area contributed by atoms with E-state index in [0.29, 0.717) is 5.41 Å². The molecular weight excluding hydrogens is 186 g/mol. The number of hydrogen-bond acceptors (Lipinski definition) is 2. The fourth-order valence-electron chi connectivity index (χ4n) is 2.02. The van der Waals surface area contributed by atoms with Crippen molar-refractivity contribution in [2.45, 2.75) is 27.3 Å². The summed E-state index contributed by atoms with van der Waals surface area (Å²) in [6.45, 7) is 10.4. The van der Waals surface area contributed by atoms with Crippen LogP contribution in [0, 0.1) is 11.3 Å². The first-order valence-electron chi connectivity index (χ1n) is 5.64. The zero-order chi connectivity index (χ0) is 11.1. The molecule has 84 valence electrons. The highest BCUT2D eigenvalue weighted by Gasteiger charge is 2.35. The van der Waals surface area contributed by atoms with Gasteiger partial charge < -0.3 is 4.57 Å². The molecule has 0 aromatic carbocycles. The number of likely N-dealkylation sites (tertiary alicyclic amines) is 1. The fourth-order valence-corrected chi connectivity index (χ4v) is 2.02. The molecule has 2 heterocycles. The molecule has 0 unspecified atom stereocenters. The van der Waals surface area contributed by atoms with Crippen LogP contribution in [0.15, 0.2) is 12.5 Å².